The van der Waals surface area contributed by atoms with Crippen LogP contribution in [-0.4, -0.2) is 50.6 Å². The molecular weight excluding hydrogens is 376 g/mol. The highest BCUT2D eigenvalue weighted by molar-refractivity contribution is 5.91. The summed E-state index contributed by atoms with van der Waals surface area (Å²) >= 11 is 0. The van der Waals surface area contributed by atoms with Crippen molar-refractivity contribution in [3.63, 3.8) is 0 Å². The number of amides is 1. The van der Waals surface area contributed by atoms with Gasteiger partial charge in [-0.1, -0.05) is 12.1 Å². The fraction of sp³-hybridized carbons (Fsp3) is 0.348. The minimum atomic E-state index is -0.147. The highest BCUT2D eigenvalue weighted by Gasteiger charge is 2.47. The number of H-pyrrole nitrogens is 1. The van der Waals surface area contributed by atoms with Crippen molar-refractivity contribution in [3.8, 4) is 0 Å². The van der Waals surface area contributed by atoms with Gasteiger partial charge in [0.2, 0.25) is 5.91 Å². The molecule has 30 heavy (non-hydrogen) atoms. The molecule has 1 unspecified atom stereocenters. The molecule has 1 spiro atoms. The number of piperidine rings is 1. The fourth-order valence-corrected chi connectivity index (χ4v) is 5.18. The number of anilines is 1. The van der Waals surface area contributed by atoms with E-state index in [1.165, 1.54) is 0 Å². The summed E-state index contributed by atoms with van der Waals surface area (Å²) in [7, 11) is 0. The maximum Gasteiger partial charge on any atom is 0.380 e. The predicted octanol–water partition coefficient (Wildman–Crippen LogP) is 0.671. The van der Waals surface area contributed by atoms with Crippen molar-refractivity contribution < 1.29 is 4.79 Å². The fourth-order valence-electron chi connectivity index (χ4n) is 5.18. The summed E-state index contributed by atoms with van der Waals surface area (Å²) in [5.41, 5.74) is 3.70. The zero-order valence-electron chi connectivity index (χ0n) is 16.7. The molecule has 1 atom stereocenters. The predicted molar refractivity (Wildman–Crippen MR) is 115 cm³/mol. The number of para-hydroxylation sites is 2. The smallest absolute Gasteiger partial charge is 0.353 e. The molecule has 3 aromatic rings. The van der Waals surface area contributed by atoms with Crippen molar-refractivity contribution in [1.82, 2.24) is 24.5 Å². The van der Waals surface area contributed by atoms with Gasteiger partial charge in [-0.25, -0.2) is 14.6 Å². The average Bonchev–Trinajstić information content (AvgIpc) is 3.48. The Morgan fingerprint density at radius 2 is 2.10 bits per heavy atom. The van der Waals surface area contributed by atoms with Gasteiger partial charge in [-0.15, -0.1) is 0 Å². The van der Waals surface area contributed by atoms with Crippen molar-refractivity contribution in [2.24, 2.45) is 0 Å². The van der Waals surface area contributed by atoms with Crippen LogP contribution in [0.3, 0.4) is 0 Å². The highest BCUT2D eigenvalue weighted by Crippen LogP contribution is 2.39. The molecule has 3 aliphatic heterocycles. The Morgan fingerprint density at radius 3 is 3.03 bits per heavy atom. The molecule has 150 valence electrons. The number of rotatable bonds is 3. The molecule has 1 aromatic carbocycles. The minimum absolute atomic E-state index is 0.147. The average molecular weight is 399 g/mol. The number of carbonyl (C=O) groups is 1. The first-order chi connectivity index (χ1) is 14.7. The third kappa shape index (κ3) is 2.66. The summed E-state index contributed by atoms with van der Waals surface area (Å²) in [6.45, 7) is 2.32. The number of aromatic nitrogens is 3. The van der Waals surface area contributed by atoms with Gasteiger partial charge in [0.25, 0.3) is 0 Å². The molecule has 0 radical (unpaired) electrons. The van der Waals surface area contributed by atoms with Crippen LogP contribution >= 0.6 is 0 Å². The van der Waals surface area contributed by atoms with Crippen molar-refractivity contribution in [3.05, 3.63) is 52.9 Å². The molecule has 2 aromatic heterocycles. The summed E-state index contributed by atoms with van der Waals surface area (Å²) in [6.07, 6.45) is 11.3. The summed E-state index contributed by atoms with van der Waals surface area (Å²) in [5.74, 6) is 1.15. The van der Waals surface area contributed by atoms with Crippen LogP contribution in [0, 0.1) is 0 Å². The molecule has 0 bridgehead atoms. The Kier molecular flexibility index (Phi) is 3.80. The third-order valence-corrected chi connectivity index (χ3v) is 6.76. The molecule has 7 heteroatoms. The van der Waals surface area contributed by atoms with E-state index in [-0.39, 0.29) is 11.4 Å². The van der Waals surface area contributed by atoms with Gasteiger partial charge in [0.15, 0.2) is 6.21 Å². The van der Waals surface area contributed by atoms with Gasteiger partial charge in [-0.3, -0.25) is 9.78 Å². The molecule has 0 aliphatic carbocycles. The number of carbonyl (C=O) groups excluding carboxylic acids is 1. The van der Waals surface area contributed by atoms with Gasteiger partial charge < -0.3 is 9.80 Å². The van der Waals surface area contributed by atoms with Crippen LogP contribution in [0.1, 0.15) is 31.2 Å². The van der Waals surface area contributed by atoms with Gasteiger partial charge in [-0.05, 0) is 31.4 Å². The third-order valence-electron chi connectivity index (χ3n) is 6.76. The molecule has 2 saturated heterocycles. The Bertz CT molecular complexity index is 1320. The number of nitrogens with zero attached hydrogens (tertiary/aromatic N) is 5. The lowest BCUT2D eigenvalue weighted by Crippen LogP contribution is -2.56. The normalized spacial score (nSPS) is 22.6. The van der Waals surface area contributed by atoms with E-state index in [0.717, 1.165) is 65.5 Å². The molecule has 0 saturated carbocycles. The number of likely N-dealkylation sites (tertiary alicyclic amines) is 1. The summed E-state index contributed by atoms with van der Waals surface area (Å²) in [4.78, 5) is 30.1. The quantitative estimate of drug-likeness (QED) is 0.657. The van der Waals surface area contributed by atoms with E-state index in [2.05, 4.69) is 24.4 Å². The summed E-state index contributed by atoms with van der Waals surface area (Å²) < 4.78 is 4.33. The van der Waals surface area contributed by atoms with Gasteiger partial charge in [0.05, 0.1) is 40.7 Å². The van der Waals surface area contributed by atoms with Crippen LogP contribution in [0.5, 0.6) is 0 Å². The van der Waals surface area contributed by atoms with Crippen molar-refractivity contribution >= 4 is 35.0 Å². The second kappa shape index (κ2) is 6.54. The molecule has 6 rings (SSSR count). The first kappa shape index (κ1) is 17.4. The molecule has 5 heterocycles. The maximum atomic E-state index is 13.0. The number of hydrogen-bond donors (Lipinski definition) is 1. The van der Waals surface area contributed by atoms with Crippen LogP contribution in [0.25, 0.3) is 17.1 Å². The number of hydrogen-bond acceptors (Lipinski definition) is 4. The largest absolute Gasteiger partial charge is 0.380 e. The Labute approximate surface area is 173 Å². The molecule has 2 fully saturated rings. The van der Waals surface area contributed by atoms with E-state index < -0.39 is 0 Å². The molecule has 1 amide bonds. The number of aromatic amines is 1. The summed E-state index contributed by atoms with van der Waals surface area (Å²) in [6, 6.07) is 7.95. The topological polar surface area (TPSA) is 79.2 Å². The van der Waals surface area contributed by atoms with Crippen molar-refractivity contribution in [1.29, 1.82) is 0 Å². The molecule has 3 aliphatic rings. The second-order valence-corrected chi connectivity index (χ2v) is 8.47. The second-order valence-electron chi connectivity index (χ2n) is 8.47. The van der Waals surface area contributed by atoms with Crippen molar-refractivity contribution in [2.75, 3.05) is 18.0 Å². The first-order valence-electron chi connectivity index (χ1n) is 10.6. The zero-order valence-corrected chi connectivity index (χ0v) is 16.7. The Morgan fingerprint density at radius 1 is 1.20 bits per heavy atom. The van der Waals surface area contributed by atoms with E-state index in [1.54, 1.807) is 0 Å². The SMILES string of the molecule is O=C1CCCC2(CCN(c3cnc4ccccc4n3)C2)N1Cc1c[nH]c2c1=CC=[N+]=2. The standard InChI is InChI=1S/C23H22N6O/c30-21-6-3-8-23(29(21)14-16-12-26-22-17(16)7-10-24-22)9-11-28(15-23)20-13-25-18-4-1-2-5-19(18)27-20/h1-2,4-5,7,10,12-13H,3,6,8-9,11,14-15H2/p+1. The zero-order chi connectivity index (χ0) is 20.1. The summed E-state index contributed by atoms with van der Waals surface area (Å²) in [5, 5.41) is 1.11. The van der Waals surface area contributed by atoms with E-state index in [1.807, 2.05) is 48.9 Å². The minimum Gasteiger partial charge on any atom is -0.353 e. The Hall–Kier alpha value is -3.44. The lowest BCUT2D eigenvalue weighted by atomic mass is 9.85. The maximum absolute atomic E-state index is 13.0. The first-order valence-corrected chi connectivity index (χ1v) is 10.6. The molecular formula is C23H23N6O+. The van der Waals surface area contributed by atoms with E-state index in [4.69, 9.17) is 4.98 Å². The number of nitrogens with one attached hydrogen (secondary N) is 1. The van der Waals surface area contributed by atoms with Gasteiger partial charge in [0.1, 0.15) is 5.82 Å². The lowest BCUT2D eigenvalue weighted by Gasteiger charge is -2.44. The van der Waals surface area contributed by atoms with Crippen LogP contribution in [0.15, 0.2) is 36.7 Å². The van der Waals surface area contributed by atoms with E-state index in [0.29, 0.717) is 13.0 Å². The van der Waals surface area contributed by atoms with Crippen LogP contribution in [0.4, 0.5) is 5.82 Å². The van der Waals surface area contributed by atoms with Gasteiger partial charge in [-0.2, -0.15) is 0 Å². The van der Waals surface area contributed by atoms with Crippen LogP contribution in [0.2, 0.25) is 0 Å². The lowest BCUT2D eigenvalue weighted by molar-refractivity contribution is -0.142. The Balaban J connectivity index is 1.31. The highest BCUT2D eigenvalue weighted by atomic mass is 16.2. The van der Waals surface area contributed by atoms with E-state index >= 15 is 0 Å². The molecule has 1 N–H and O–H groups in total. The number of benzene rings is 1. The van der Waals surface area contributed by atoms with Gasteiger partial charge >= 0.3 is 5.49 Å². The van der Waals surface area contributed by atoms with E-state index in [9.17, 15) is 4.79 Å². The van der Waals surface area contributed by atoms with Crippen LogP contribution < -0.4 is 20.3 Å². The molecule has 7 nitrogen and oxygen atoms in total. The van der Waals surface area contributed by atoms with Crippen LogP contribution in [-0.2, 0) is 11.3 Å². The number of fused-ring (bicyclic) bond motifs is 2. The van der Waals surface area contributed by atoms with Crippen molar-refractivity contribution in [2.45, 2.75) is 37.8 Å². The monoisotopic (exact) mass is 399 g/mol. The van der Waals surface area contributed by atoms with Gasteiger partial charge in [0, 0.05) is 31.1 Å².